The number of carbonyl (C=O) groups is 1. The lowest BCUT2D eigenvalue weighted by Gasteiger charge is -2.34. The molecule has 1 N–H and O–H groups in total. The summed E-state index contributed by atoms with van der Waals surface area (Å²) in [6.45, 7) is 3.58. The fraction of sp³-hybridized carbons (Fsp3) is 0.462. The van der Waals surface area contributed by atoms with Crippen molar-refractivity contribution in [2.75, 3.05) is 0 Å². The molecule has 1 amide bonds. The van der Waals surface area contributed by atoms with E-state index in [0.717, 1.165) is 6.07 Å². The van der Waals surface area contributed by atoms with Crippen LogP contribution >= 0.6 is 0 Å². The molecule has 98 valence electrons. The molecule has 1 heterocycles. The Morgan fingerprint density at radius 3 is 2.50 bits per heavy atom. The minimum absolute atomic E-state index is 0.00208. The fourth-order valence-electron chi connectivity index (χ4n) is 2.09. The van der Waals surface area contributed by atoms with Crippen molar-refractivity contribution in [3.05, 3.63) is 35.1 Å². The van der Waals surface area contributed by atoms with Crippen LogP contribution in [0.25, 0.3) is 0 Å². The molecule has 0 radical (unpaired) electrons. The lowest BCUT2D eigenvalue weighted by atomic mass is 9.80. The van der Waals surface area contributed by atoms with E-state index < -0.39 is 28.9 Å². The van der Waals surface area contributed by atoms with E-state index in [1.165, 1.54) is 6.07 Å². The number of hydrogen-bond donors (Lipinski definition) is 1. The highest BCUT2D eigenvalue weighted by atomic mass is 19.2. The summed E-state index contributed by atoms with van der Waals surface area (Å²) in [6, 6.07) is 1.46. The van der Waals surface area contributed by atoms with Gasteiger partial charge in [-0.25, -0.2) is 13.2 Å². The summed E-state index contributed by atoms with van der Waals surface area (Å²) in [6.07, 6.45) is 1.07. The van der Waals surface area contributed by atoms with Crippen LogP contribution in [0, 0.1) is 22.9 Å². The molecule has 1 aliphatic heterocycles. The van der Waals surface area contributed by atoms with Crippen molar-refractivity contribution in [2.45, 2.75) is 32.7 Å². The standard InChI is InChI=1S/C13H14F3NO/c1-13(2)6-5-9(17-12(13)18)7-3-4-8(14)11(16)10(7)15/h3-4,9H,5-6H2,1-2H3,(H,17,18). The van der Waals surface area contributed by atoms with Crippen LogP contribution < -0.4 is 5.32 Å². The second-order valence-electron chi connectivity index (χ2n) is 5.21. The van der Waals surface area contributed by atoms with Crippen molar-refractivity contribution in [1.82, 2.24) is 5.32 Å². The number of rotatable bonds is 1. The summed E-state index contributed by atoms with van der Waals surface area (Å²) in [4.78, 5) is 11.8. The molecule has 2 nitrogen and oxygen atoms in total. The first-order chi connectivity index (χ1) is 8.33. The van der Waals surface area contributed by atoms with Gasteiger partial charge in [0, 0.05) is 11.0 Å². The summed E-state index contributed by atoms with van der Waals surface area (Å²) in [5.41, 5.74) is -0.510. The molecule has 0 saturated carbocycles. The Balaban J connectivity index is 2.30. The summed E-state index contributed by atoms with van der Waals surface area (Å²) in [5.74, 6) is -4.15. The molecule has 1 unspecified atom stereocenters. The zero-order chi connectivity index (χ0) is 13.5. The van der Waals surface area contributed by atoms with Gasteiger partial charge >= 0.3 is 0 Å². The predicted molar refractivity (Wildman–Crippen MR) is 60.2 cm³/mol. The van der Waals surface area contributed by atoms with Gasteiger partial charge in [-0.3, -0.25) is 4.79 Å². The van der Waals surface area contributed by atoms with Gasteiger partial charge in [0.15, 0.2) is 17.5 Å². The quantitative estimate of drug-likeness (QED) is 0.770. The molecule has 0 spiro atoms. The van der Waals surface area contributed by atoms with E-state index in [4.69, 9.17) is 0 Å². The normalized spacial score (nSPS) is 22.7. The molecule has 1 fully saturated rings. The minimum atomic E-state index is -1.49. The highest BCUT2D eigenvalue weighted by Crippen LogP contribution is 2.35. The van der Waals surface area contributed by atoms with Gasteiger partial charge in [-0.2, -0.15) is 0 Å². The number of amides is 1. The SMILES string of the molecule is CC1(C)CCC(c2ccc(F)c(F)c2F)NC1=O. The molecule has 5 heteroatoms. The Bertz CT molecular complexity index is 499. The third-order valence-electron chi connectivity index (χ3n) is 3.42. The average Bonchev–Trinajstić information content (AvgIpc) is 2.30. The maximum Gasteiger partial charge on any atom is 0.226 e. The van der Waals surface area contributed by atoms with Crippen LogP contribution in [0.3, 0.4) is 0 Å². The monoisotopic (exact) mass is 257 g/mol. The first-order valence-corrected chi connectivity index (χ1v) is 5.77. The summed E-state index contributed by atoms with van der Waals surface area (Å²) in [7, 11) is 0. The molecule has 18 heavy (non-hydrogen) atoms. The van der Waals surface area contributed by atoms with E-state index in [0.29, 0.717) is 12.8 Å². The van der Waals surface area contributed by atoms with Crippen LogP contribution in [0.5, 0.6) is 0 Å². The van der Waals surface area contributed by atoms with Crippen LogP contribution in [0.1, 0.15) is 38.3 Å². The molecular weight excluding hydrogens is 243 g/mol. The van der Waals surface area contributed by atoms with Crippen molar-refractivity contribution in [3.63, 3.8) is 0 Å². The Labute approximate surface area is 103 Å². The molecule has 1 aliphatic rings. The van der Waals surface area contributed by atoms with Crippen molar-refractivity contribution >= 4 is 5.91 Å². The van der Waals surface area contributed by atoms with Crippen molar-refractivity contribution < 1.29 is 18.0 Å². The summed E-state index contributed by atoms with van der Waals surface area (Å²) in [5, 5.41) is 2.64. The molecule has 1 atom stereocenters. The zero-order valence-electron chi connectivity index (χ0n) is 10.2. The van der Waals surface area contributed by atoms with Gasteiger partial charge in [0.05, 0.1) is 6.04 Å². The summed E-state index contributed by atoms with van der Waals surface area (Å²) >= 11 is 0. The number of carbonyl (C=O) groups excluding carboxylic acids is 1. The Hall–Kier alpha value is -1.52. The van der Waals surface area contributed by atoms with Gasteiger partial charge in [-0.05, 0) is 18.9 Å². The highest BCUT2D eigenvalue weighted by Gasteiger charge is 2.36. The molecule has 0 aromatic heterocycles. The Morgan fingerprint density at radius 1 is 1.22 bits per heavy atom. The van der Waals surface area contributed by atoms with Crippen LogP contribution in [0.4, 0.5) is 13.2 Å². The second-order valence-corrected chi connectivity index (χ2v) is 5.21. The van der Waals surface area contributed by atoms with Crippen LogP contribution in [-0.4, -0.2) is 5.91 Å². The maximum atomic E-state index is 13.6. The topological polar surface area (TPSA) is 29.1 Å². The van der Waals surface area contributed by atoms with E-state index in [1.807, 2.05) is 0 Å². The van der Waals surface area contributed by atoms with Crippen LogP contribution in [0.2, 0.25) is 0 Å². The molecule has 1 aromatic rings. The van der Waals surface area contributed by atoms with Crippen molar-refractivity contribution in [1.29, 1.82) is 0 Å². The largest absolute Gasteiger partial charge is 0.349 e. The second kappa shape index (κ2) is 4.30. The van der Waals surface area contributed by atoms with Gasteiger partial charge in [-0.1, -0.05) is 19.9 Å². The lowest BCUT2D eigenvalue weighted by Crippen LogP contribution is -2.44. The first kappa shape index (κ1) is 12.9. The molecular formula is C13H14F3NO. The van der Waals surface area contributed by atoms with Crippen molar-refractivity contribution in [2.24, 2.45) is 5.41 Å². The smallest absolute Gasteiger partial charge is 0.226 e. The predicted octanol–water partition coefficient (Wildman–Crippen LogP) is 3.08. The maximum absolute atomic E-state index is 13.6. The van der Waals surface area contributed by atoms with E-state index in [2.05, 4.69) is 5.32 Å². The fourth-order valence-corrected chi connectivity index (χ4v) is 2.09. The van der Waals surface area contributed by atoms with E-state index >= 15 is 0 Å². The number of benzene rings is 1. The van der Waals surface area contributed by atoms with E-state index in [-0.39, 0.29) is 11.5 Å². The highest BCUT2D eigenvalue weighted by molar-refractivity contribution is 5.83. The Morgan fingerprint density at radius 2 is 1.89 bits per heavy atom. The van der Waals surface area contributed by atoms with Gasteiger partial charge in [0.1, 0.15) is 0 Å². The van der Waals surface area contributed by atoms with E-state index in [9.17, 15) is 18.0 Å². The van der Waals surface area contributed by atoms with Crippen LogP contribution in [-0.2, 0) is 4.79 Å². The third-order valence-corrected chi connectivity index (χ3v) is 3.42. The Kier molecular flexibility index (Phi) is 3.09. The minimum Gasteiger partial charge on any atom is -0.349 e. The number of nitrogens with one attached hydrogen (secondary N) is 1. The number of piperidine rings is 1. The van der Waals surface area contributed by atoms with Gasteiger partial charge in [0.2, 0.25) is 5.91 Å². The molecule has 1 saturated heterocycles. The van der Waals surface area contributed by atoms with Crippen LogP contribution in [0.15, 0.2) is 12.1 Å². The van der Waals surface area contributed by atoms with E-state index in [1.54, 1.807) is 13.8 Å². The first-order valence-electron chi connectivity index (χ1n) is 5.77. The molecule has 0 bridgehead atoms. The zero-order valence-corrected chi connectivity index (χ0v) is 10.2. The van der Waals surface area contributed by atoms with Gasteiger partial charge in [0.25, 0.3) is 0 Å². The molecule has 1 aromatic carbocycles. The number of hydrogen-bond acceptors (Lipinski definition) is 1. The van der Waals surface area contributed by atoms with Gasteiger partial charge in [-0.15, -0.1) is 0 Å². The third kappa shape index (κ3) is 2.09. The lowest BCUT2D eigenvalue weighted by molar-refractivity contribution is -0.133. The summed E-state index contributed by atoms with van der Waals surface area (Å²) < 4.78 is 39.6. The molecule has 2 rings (SSSR count). The number of halogens is 3. The van der Waals surface area contributed by atoms with Crippen molar-refractivity contribution in [3.8, 4) is 0 Å². The van der Waals surface area contributed by atoms with Gasteiger partial charge < -0.3 is 5.32 Å². The average molecular weight is 257 g/mol. The molecule has 0 aliphatic carbocycles.